The molecule has 3 aromatic rings. The molecular formula is C17H13N3O3S2. The lowest BCUT2D eigenvalue weighted by atomic mass is 10.2. The number of fused-ring (bicyclic) bond motifs is 2. The Morgan fingerprint density at radius 2 is 2.16 bits per heavy atom. The number of para-hydroxylation sites is 1. The highest BCUT2D eigenvalue weighted by atomic mass is 32.2. The largest absolute Gasteiger partial charge is 0.454 e. The van der Waals surface area contributed by atoms with Crippen LogP contribution in [0.1, 0.15) is 5.56 Å². The maximum absolute atomic E-state index is 11.9. The summed E-state index contributed by atoms with van der Waals surface area (Å²) in [5, 5.41) is 3.97. The summed E-state index contributed by atoms with van der Waals surface area (Å²) in [6.07, 6.45) is 1.57. The van der Waals surface area contributed by atoms with Crippen molar-refractivity contribution >= 4 is 45.4 Å². The van der Waals surface area contributed by atoms with E-state index < -0.39 is 0 Å². The van der Waals surface area contributed by atoms with Crippen molar-refractivity contribution in [1.82, 2.24) is 10.4 Å². The highest BCUT2D eigenvalue weighted by Crippen LogP contribution is 2.32. The minimum absolute atomic E-state index is 0.179. The standard InChI is InChI=1S/C17H13N3O3S2/c21-16(9-24-17-19-12-3-1-2-4-15(12)25-17)20-18-8-11-5-6-13-14(7-11)23-10-22-13/h1-8H,9-10H2,(H,20,21)/b18-8+. The molecule has 0 bridgehead atoms. The number of thiazole rings is 1. The zero-order valence-corrected chi connectivity index (χ0v) is 14.6. The number of aromatic nitrogens is 1. The number of hydrogen-bond acceptors (Lipinski definition) is 7. The van der Waals surface area contributed by atoms with Crippen LogP contribution >= 0.6 is 23.1 Å². The number of thioether (sulfide) groups is 1. The van der Waals surface area contributed by atoms with Gasteiger partial charge in [0.2, 0.25) is 6.79 Å². The first-order chi connectivity index (χ1) is 12.3. The first kappa shape index (κ1) is 15.9. The Balaban J connectivity index is 1.30. The second-order valence-electron chi connectivity index (χ2n) is 5.14. The molecule has 2 heterocycles. The second-order valence-corrected chi connectivity index (χ2v) is 7.40. The van der Waals surface area contributed by atoms with E-state index in [4.69, 9.17) is 9.47 Å². The minimum Gasteiger partial charge on any atom is -0.454 e. The molecule has 0 atom stereocenters. The molecule has 1 N–H and O–H groups in total. The van der Waals surface area contributed by atoms with E-state index in [9.17, 15) is 4.79 Å². The Morgan fingerprint density at radius 3 is 3.08 bits per heavy atom. The van der Waals surface area contributed by atoms with E-state index in [-0.39, 0.29) is 18.5 Å². The van der Waals surface area contributed by atoms with E-state index in [1.54, 1.807) is 17.6 Å². The van der Waals surface area contributed by atoms with Crippen molar-refractivity contribution in [3.8, 4) is 11.5 Å². The van der Waals surface area contributed by atoms with Crippen LogP contribution in [0.2, 0.25) is 0 Å². The molecular weight excluding hydrogens is 358 g/mol. The number of amides is 1. The number of benzene rings is 2. The molecule has 1 aliphatic rings. The van der Waals surface area contributed by atoms with Gasteiger partial charge in [0.25, 0.3) is 5.91 Å². The molecule has 126 valence electrons. The molecule has 1 aliphatic heterocycles. The highest BCUT2D eigenvalue weighted by molar-refractivity contribution is 8.01. The van der Waals surface area contributed by atoms with Crippen LogP contribution in [0.25, 0.3) is 10.2 Å². The van der Waals surface area contributed by atoms with Gasteiger partial charge < -0.3 is 9.47 Å². The lowest BCUT2D eigenvalue weighted by Gasteiger charge is -1.99. The predicted octanol–water partition coefficient (Wildman–Crippen LogP) is 3.27. The molecule has 6 nitrogen and oxygen atoms in total. The van der Waals surface area contributed by atoms with Gasteiger partial charge >= 0.3 is 0 Å². The van der Waals surface area contributed by atoms with Crippen LogP contribution in [0.3, 0.4) is 0 Å². The third-order valence-electron chi connectivity index (χ3n) is 3.40. The first-order valence-corrected chi connectivity index (χ1v) is 9.28. The summed E-state index contributed by atoms with van der Waals surface area (Å²) < 4.78 is 12.5. The first-order valence-electron chi connectivity index (χ1n) is 7.48. The Hall–Kier alpha value is -2.58. The summed E-state index contributed by atoms with van der Waals surface area (Å²) in [7, 11) is 0. The van der Waals surface area contributed by atoms with Gasteiger partial charge in [-0.25, -0.2) is 10.4 Å². The molecule has 0 unspecified atom stereocenters. The van der Waals surface area contributed by atoms with Gasteiger partial charge in [0.15, 0.2) is 15.8 Å². The van der Waals surface area contributed by atoms with Crippen molar-refractivity contribution in [2.45, 2.75) is 4.34 Å². The monoisotopic (exact) mass is 371 g/mol. The van der Waals surface area contributed by atoms with Crippen LogP contribution in [-0.4, -0.2) is 29.7 Å². The fraction of sp³-hybridized carbons (Fsp3) is 0.118. The van der Waals surface area contributed by atoms with Crippen LogP contribution in [0.15, 0.2) is 51.9 Å². The average molecular weight is 371 g/mol. The zero-order chi connectivity index (χ0) is 17.1. The van der Waals surface area contributed by atoms with Crippen molar-refractivity contribution in [3.05, 3.63) is 48.0 Å². The normalized spacial score (nSPS) is 12.8. The molecule has 0 fully saturated rings. The Bertz CT molecular complexity index is 922. The summed E-state index contributed by atoms with van der Waals surface area (Å²) >= 11 is 2.98. The molecule has 4 rings (SSSR count). The molecule has 1 aromatic heterocycles. The Labute approximate surface area is 151 Å². The third kappa shape index (κ3) is 3.75. The van der Waals surface area contributed by atoms with Gasteiger partial charge in [-0.15, -0.1) is 11.3 Å². The second kappa shape index (κ2) is 7.12. The number of rotatable bonds is 5. The Morgan fingerprint density at radius 1 is 1.28 bits per heavy atom. The fourth-order valence-electron chi connectivity index (χ4n) is 2.24. The van der Waals surface area contributed by atoms with E-state index in [1.165, 1.54) is 11.8 Å². The van der Waals surface area contributed by atoms with Gasteiger partial charge in [-0.2, -0.15) is 5.10 Å². The van der Waals surface area contributed by atoms with Gasteiger partial charge in [0, 0.05) is 0 Å². The summed E-state index contributed by atoms with van der Waals surface area (Å²) in [6, 6.07) is 13.4. The molecule has 1 amide bonds. The maximum atomic E-state index is 11.9. The lowest BCUT2D eigenvalue weighted by Crippen LogP contribution is -2.19. The number of nitrogens with zero attached hydrogens (tertiary/aromatic N) is 2. The molecule has 8 heteroatoms. The number of hydrazone groups is 1. The summed E-state index contributed by atoms with van der Waals surface area (Å²) in [5.74, 6) is 1.48. The summed E-state index contributed by atoms with van der Waals surface area (Å²) in [4.78, 5) is 16.4. The molecule has 0 radical (unpaired) electrons. The third-order valence-corrected chi connectivity index (χ3v) is 5.58. The molecule has 0 spiro atoms. The number of nitrogens with one attached hydrogen (secondary N) is 1. The smallest absolute Gasteiger partial charge is 0.250 e. The maximum Gasteiger partial charge on any atom is 0.250 e. The molecule has 0 saturated carbocycles. The number of carbonyl (C=O) groups excluding carboxylic acids is 1. The van der Waals surface area contributed by atoms with Crippen molar-refractivity contribution in [2.75, 3.05) is 12.5 Å². The predicted molar refractivity (Wildman–Crippen MR) is 98.6 cm³/mol. The van der Waals surface area contributed by atoms with E-state index in [0.29, 0.717) is 11.5 Å². The van der Waals surface area contributed by atoms with Crippen LogP contribution in [0, 0.1) is 0 Å². The number of hydrogen-bond donors (Lipinski definition) is 1. The van der Waals surface area contributed by atoms with Gasteiger partial charge in [0.1, 0.15) is 0 Å². The number of ether oxygens (including phenoxy) is 2. The van der Waals surface area contributed by atoms with Crippen molar-refractivity contribution < 1.29 is 14.3 Å². The van der Waals surface area contributed by atoms with Crippen molar-refractivity contribution in [1.29, 1.82) is 0 Å². The van der Waals surface area contributed by atoms with Crippen molar-refractivity contribution in [2.24, 2.45) is 5.10 Å². The molecule has 0 saturated heterocycles. The van der Waals surface area contributed by atoms with Gasteiger partial charge in [0.05, 0.1) is 22.2 Å². The SMILES string of the molecule is O=C(CSc1nc2ccccc2s1)N/N=C/c1ccc2c(c1)OCO2. The topological polar surface area (TPSA) is 72.8 Å². The van der Waals surface area contributed by atoms with Gasteiger partial charge in [-0.05, 0) is 35.9 Å². The van der Waals surface area contributed by atoms with Crippen LogP contribution in [0.4, 0.5) is 0 Å². The van der Waals surface area contributed by atoms with Crippen LogP contribution < -0.4 is 14.9 Å². The average Bonchev–Trinajstić information content (AvgIpc) is 3.25. The molecule has 2 aromatic carbocycles. The van der Waals surface area contributed by atoms with Crippen molar-refractivity contribution in [3.63, 3.8) is 0 Å². The lowest BCUT2D eigenvalue weighted by molar-refractivity contribution is -0.118. The summed E-state index contributed by atoms with van der Waals surface area (Å²) in [6.45, 7) is 0.232. The van der Waals surface area contributed by atoms with E-state index >= 15 is 0 Å². The minimum atomic E-state index is -0.179. The van der Waals surface area contributed by atoms with Gasteiger partial charge in [-0.1, -0.05) is 23.9 Å². The molecule has 0 aliphatic carbocycles. The quantitative estimate of drug-likeness (QED) is 0.423. The highest BCUT2D eigenvalue weighted by Gasteiger charge is 2.12. The van der Waals surface area contributed by atoms with Crippen LogP contribution in [-0.2, 0) is 4.79 Å². The Kier molecular flexibility index (Phi) is 4.53. The zero-order valence-electron chi connectivity index (χ0n) is 13.0. The van der Waals surface area contributed by atoms with Gasteiger partial charge in [-0.3, -0.25) is 4.79 Å². The summed E-state index contributed by atoms with van der Waals surface area (Å²) in [5.41, 5.74) is 4.29. The fourth-order valence-corrected chi connectivity index (χ4v) is 4.11. The van der Waals surface area contributed by atoms with E-state index in [0.717, 1.165) is 20.1 Å². The molecule has 25 heavy (non-hydrogen) atoms. The van der Waals surface area contributed by atoms with E-state index in [1.807, 2.05) is 42.5 Å². The van der Waals surface area contributed by atoms with E-state index in [2.05, 4.69) is 15.5 Å². The number of carbonyl (C=O) groups is 1. The van der Waals surface area contributed by atoms with Crippen LogP contribution in [0.5, 0.6) is 11.5 Å².